The van der Waals surface area contributed by atoms with E-state index in [2.05, 4.69) is 0 Å². The second-order valence-electron chi connectivity index (χ2n) is 5.34. The molecule has 2 rings (SSSR count). The lowest BCUT2D eigenvalue weighted by molar-refractivity contribution is -0.152. The SMILES string of the molecule is Cc1csc(=O)n1CCCC(=O)N1CCCC[C@@H]1C(=O)O. The summed E-state index contributed by atoms with van der Waals surface area (Å²) in [6.45, 7) is 2.89. The van der Waals surface area contributed by atoms with Crippen LogP contribution in [0.5, 0.6) is 0 Å². The average Bonchev–Trinajstić information content (AvgIpc) is 2.78. The number of rotatable bonds is 5. The quantitative estimate of drug-likeness (QED) is 0.893. The lowest BCUT2D eigenvalue weighted by atomic mass is 10.0. The van der Waals surface area contributed by atoms with Gasteiger partial charge in [-0.15, -0.1) is 0 Å². The molecule has 1 atom stereocenters. The molecule has 1 N–H and O–H groups in total. The second-order valence-corrected chi connectivity index (χ2v) is 6.16. The fourth-order valence-electron chi connectivity index (χ4n) is 2.69. The third kappa shape index (κ3) is 3.72. The van der Waals surface area contributed by atoms with E-state index in [1.807, 2.05) is 6.92 Å². The molecular formula is C14H20N2O4S. The number of hydrogen-bond acceptors (Lipinski definition) is 4. The van der Waals surface area contributed by atoms with Crippen molar-refractivity contribution in [3.8, 4) is 0 Å². The van der Waals surface area contributed by atoms with Gasteiger partial charge in [-0.1, -0.05) is 11.3 Å². The van der Waals surface area contributed by atoms with Crippen molar-refractivity contribution in [2.75, 3.05) is 6.54 Å². The summed E-state index contributed by atoms with van der Waals surface area (Å²) in [6.07, 6.45) is 3.08. The highest BCUT2D eigenvalue weighted by molar-refractivity contribution is 7.07. The highest BCUT2D eigenvalue weighted by Crippen LogP contribution is 2.18. The maximum atomic E-state index is 12.2. The van der Waals surface area contributed by atoms with Crippen LogP contribution in [0, 0.1) is 6.92 Å². The monoisotopic (exact) mass is 312 g/mol. The molecule has 0 unspecified atom stereocenters. The minimum atomic E-state index is -0.923. The van der Waals surface area contributed by atoms with Gasteiger partial charge in [-0.3, -0.25) is 9.59 Å². The molecule has 1 aliphatic heterocycles. The standard InChI is InChI=1S/C14H20N2O4S/c1-10-9-21-14(20)15(10)8-4-6-12(17)16-7-3-2-5-11(16)13(18)19/h9,11H,2-8H2,1H3,(H,18,19)/t11-/m1/s1. The van der Waals surface area contributed by atoms with Gasteiger partial charge in [-0.25, -0.2) is 4.79 Å². The highest BCUT2D eigenvalue weighted by atomic mass is 32.1. The number of aliphatic carboxylic acids is 1. The Labute approximate surface area is 127 Å². The lowest BCUT2D eigenvalue weighted by Crippen LogP contribution is -2.47. The number of carbonyl (C=O) groups is 2. The molecule has 1 aliphatic rings. The Morgan fingerprint density at radius 2 is 2.19 bits per heavy atom. The summed E-state index contributed by atoms with van der Waals surface area (Å²) >= 11 is 1.16. The van der Waals surface area contributed by atoms with Gasteiger partial charge in [0.25, 0.3) is 0 Å². The van der Waals surface area contributed by atoms with E-state index in [0.29, 0.717) is 25.9 Å². The summed E-state index contributed by atoms with van der Waals surface area (Å²) in [5.74, 6) is -1.05. The number of likely N-dealkylation sites (tertiary alicyclic amines) is 1. The maximum Gasteiger partial charge on any atom is 0.326 e. The summed E-state index contributed by atoms with van der Waals surface area (Å²) in [4.78, 5) is 36.4. The Balaban J connectivity index is 1.89. The Morgan fingerprint density at radius 1 is 1.43 bits per heavy atom. The van der Waals surface area contributed by atoms with Crippen molar-refractivity contribution in [1.82, 2.24) is 9.47 Å². The number of carboxylic acid groups (broad SMARTS) is 1. The van der Waals surface area contributed by atoms with Crippen molar-refractivity contribution in [3.05, 3.63) is 20.7 Å². The summed E-state index contributed by atoms with van der Waals surface area (Å²) < 4.78 is 1.66. The molecule has 0 bridgehead atoms. The van der Waals surface area contributed by atoms with Crippen LogP contribution in [0.25, 0.3) is 0 Å². The Morgan fingerprint density at radius 3 is 2.81 bits per heavy atom. The molecule has 0 aliphatic carbocycles. The summed E-state index contributed by atoms with van der Waals surface area (Å²) in [5.41, 5.74) is 0.902. The van der Waals surface area contributed by atoms with Crippen molar-refractivity contribution in [2.45, 2.75) is 51.6 Å². The molecule has 1 saturated heterocycles. The fraction of sp³-hybridized carbons (Fsp3) is 0.643. The molecule has 0 spiro atoms. The second kappa shape index (κ2) is 6.89. The number of aryl methyl sites for hydroxylation is 1. The third-order valence-electron chi connectivity index (χ3n) is 3.86. The van der Waals surface area contributed by atoms with Crippen LogP contribution in [-0.2, 0) is 16.1 Å². The smallest absolute Gasteiger partial charge is 0.326 e. The average molecular weight is 312 g/mol. The van der Waals surface area contributed by atoms with E-state index >= 15 is 0 Å². The molecule has 1 amide bonds. The number of nitrogens with zero attached hydrogens (tertiary/aromatic N) is 2. The predicted molar refractivity (Wildman–Crippen MR) is 79.5 cm³/mol. The molecule has 1 fully saturated rings. The van der Waals surface area contributed by atoms with Crippen LogP contribution in [0.2, 0.25) is 0 Å². The topological polar surface area (TPSA) is 79.6 Å². The normalized spacial score (nSPS) is 18.7. The van der Waals surface area contributed by atoms with Crippen molar-refractivity contribution in [2.24, 2.45) is 0 Å². The van der Waals surface area contributed by atoms with E-state index in [1.54, 1.807) is 9.95 Å². The molecule has 0 radical (unpaired) electrons. The van der Waals surface area contributed by atoms with Crippen molar-refractivity contribution >= 4 is 23.2 Å². The van der Waals surface area contributed by atoms with Crippen molar-refractivity contribution in [3.63, 3.8) is 0 Å². The number of amides is 1. The Kier molecular flexibility index (Phi) is 5.17. The summed E-state index contributed by atoms with van der Waals surface area (Å²) in [7, 11) is 0. The molecule has 21 heavy (non-hydrogen) atoms. The molecule has 2 heterocycles. The number of carboxylic acids is 1. The zero-order valence-electron chi connectivity index (χ0n) is 12.1. The molecule has 6 nitrogen and oxygen atoms in total. The largest absolute Gasteiger partial charge is 0.480 e. The number of carbonyl (C=O) groups excluding carboxylic acids is 1. The molecule has 1 aromatic rings. The Bertz CT molecular complexity index is 578. The zero-order chi connectivity index (χ0) is 15.4. The number of aromatic nitrogens is 1. The Hall–Kier alpha value is -1.63. The van der Waals surface area contributed by atoms with E-state index < -0.39 is 12.0 Å². The number of thiazole rings is 1. The third-order valence-corrected chi connectivity index (χ3v) is 4.74. The van der Waals surface area contributed by atoms with Gasteiger partial charge in [0.1, 0.15) is 6.04 Å². The van der Waals surface area contributed by atoms with E-state index in [1.165, 1.54) is 4.90 Å². The maximum absolute atomic E-state index is 12.2. The van der Waals surface area contributed by atoms with Gasteiger partial charge in [0.15, 0.2) is 0 Å². The van der Waals surface area contributed by atoms with Gasteiger partial charge >= 0.3 is 10.8 Å². The lowest BCUT2D eigenvalue weighted by Gasteiger charge is -2.33. The first-order chi connectivity index (χ1) is 10.0. The molecule has 0 aromatic carbocycles. The van der Waals surface area contributed by atoms with E-state index in [4.69, 9.17) is 5.11 Å². The van der Waals surface area contributed by atoms with Crippen LogP contribution >= 0.6 is 11.3 Å². The van der Waals surface area contributed by atoms with E-state index in [-0.39, 0.29) is 17.2 Å². The fourth-order valence-corrected chi connectivity index (χ4v) is 3.45. The molecule has 1 aromatic heterocycles. The summed E-state index contributed by atoms with van der Waals surface area (Å²) in [6, 6.07) is -0.683. The van der Waals surface area contributed by atoms with Crippen LogP contribution in [0.4, 0.5) is 0 Å². The number of hydrogen-bond donors (Lipinski definition) is 1. The molecule has 7 heteroatoms. The van der Waals surface area contributed by atoms with Gasteiger partial charge < -0.3 is 14.6 Å². The van der Waals surface area contributed by atoms with E-state index in [9.17, 15) is 14.4 Å². The molecule has 0 saturated carbocycles. The van der Waals surface area contributed by atoms with Crippen molar-refractivity contribution in [1.29, 1.82) is 0 Å². The van der Waals surface area contributed by atoms with Crippen molar-refractivity contribution < 1.29 is 14.7 Å². The minimum Gasteiger partial charge on any atom is -0.480 e. The van der Waals surface area contributed by atoms with Gasteiger partial charge in [0.2, 0.25) is 5.91 Å². The predicted octanol–water partition coefficient (Wildman–Crippen LogP) is 1.46. The number of piperidine rings is 1. The van der Waals surface area contributed by atoms with Crippen LogP contribution in [-0.4, -0.2) is 39.0 Å². The van der Waals surface area contributed by atoms with Gasteiger partial charge in [0, 0.05) is 30.6 Å². The van der Waals surface area contributed by atoms with Crippen LogP contribution in [0.3, 0.4) is 0 Å². The van der Waals surface area contributed by atoms with Gasteiger partial charge in [-0.05, 0) is 32.6 Å². The first kappa shape index (κ1) is 15.8. The van der Waals surface area contributed by atoms with Crippen LogP contribution in [0.15, 0.2) is 10.2 Å². The van der Waals surface area contributed by atoms with Crippen LogP contribution < -0.4 is 4.87 Å². The first-order valence-corrected chi connectivity index (χ1v) is 8.06. The van der Waals surface area contributed by atoms with Gasteiger partial charge in [0.05, 0.1) is 0 Å². The van der Waals surface area contributed by atoms with E-state index in [0.717, 1.165) is 29.9 Å². The highest BCUT2D eigenvalue weighted by Gasteiger charge is 2.31. The van der Waals surface area contributed by atoms with Gasteiger partial charge in [-0.2, -0.15) is 0 Å². The van der Waals surface area contributed by atoms with Crippen LogP contribution in [0.1, 0.15) is 37.8 Å². The molecular weight excluding hydrogens is 292 g/mol. The minimum absolute atomic E-state index is 0.0127. The summed E-state index contributed by atoms with van der Waals surface area (Å²) in [5, 5.41) is 11.0. The zero-order valence-corrected chi connectivity index (χ0v) is 12.9. The molecule has 116 valence electrons. The first-order valence-electron chi connectivity index (χ1n) is 7.18.